The van der Waals surface area contributed by atoms with E-state index >= 15 is 0 Å². The van der Waals surface area contributed by atoms with Crippen molar-refractivity contribution in [1.82, 2.24) is 15.0 Å². The zero-order valence-electron chi connectivity index (χ0n) is 10.1. The third-order valence-electron chi connectivity index (χ3n) is 2.39. The van der Waals surface area contributed by atoms with Gasteiger partial charge in [-0.05, 0) is 19.1 Å². The standard InChI is InChI=1S/C12H11F3N4/c1-2-17-11-18-6-4-10(19-11)8-7-16-5-3-9(8)12(13,14)15/h3-7H,2H2,1H3,(H,17,18,19). The summed E-state index contributed by atoms with van der Waals surface area (Å²) in [5.41, 5.74) is -0.633. The number of nitrogens with zero attached hydrogens (tertiary/aromatic N) is 3. The molecule has 100 valence electrons. The highest BCUT2D eigenvalue weighted by Crippen LogP contribution is 2.35. The molecule has 0 atom stereocenters. The lowest BCUT2D eigenvalue weighted by Gasteiger charge is -2.12. The summed E-state index contributed by atoms with van der Waals surface area (Å²) >= 11 is 0. The lowest BCUT2D eigenvalue weighted by atomic mass is 10.1. The highest BCUT2D eigenvalue weighted by Gasteiger charge is 2.34. The first-order valence-corrected chi connectivity index (χ1v) is 5.61. The molecule has 2 aromatic rings. The Kier molecular flexibility index (Phi) is 3.64. The second-order valence-corrected chi connectivity index (χ2v) is 3.71. The van der Waals surface area contributed by atoms with Crippen molar-refractivity contribution in [2.75, 3.05) is 11.9 Å². The molecule has 2 aromatic heterocycles. The van der Waals surface area contributed by atoms with E-state index in [0.717, 1.165) is 18.5 Å². The molecule has 1 N–H and O–H groups in total. The zero-order chi connectivity index (χ0) is 13.9. The van der Waals surface area contributed by atoms with Crippen molar-refractivity contribution in [3.8, 4) is 11.3 Å². The lowest BCUT2D eigenvalue weighted by Crippen LogP contribution is -2.09. The monoisotopic (exact) mass is 268 g/mol. The van der Waals surface area contributed by atoms with Crippen LogP contribution in [-0.2, 0) is 6.18 Å². The van der Waals surface area contributed by atoms with Gasteiger partial charge in [-0.25, -0.2) is 9.97 Å². The number of pyridine rings is 1. The minimum atomic E-state index is -4.44. The van der Waals surface area contributed by atoms with Gasteiger partial charge < -0.3 is 5.32 Å². The summed E-state index contributed by atoms with van der Waals surface area (Å²) < 4.78 is 38.7. The second kappa shape index (κ2) is 5.21. The number of aromatic nitrogens is 3. The van der Waals surface area contributed by atoms with Gasteiger partial charge in [0.2, 0.25) is 5.95 Å². The molecule has 0 saturated carbocycles. The van der Waals surface area contributed by atoms with Crippen LogP contribution >= 0.6 is 0 Å². The van der Waals surface area contributed by atoms with Gasteiger partial charge in [-0.1, -0.05) is 0 Å². The van der Waals surface area contributed by atoms with Crippen LogP contribution < -0.4 is 5.32 Å². The van der Waals surface area contributed by atoms with Crippen LogP contribution in [0.25, 0.3) is 11.3 Å². The third kappa shape index (κ3) is 2.98. The fraction of sp³-hybridized carbons (Fsp3) is 0.250. The van der Waals surface area contributed by atoms with E-state index in [1.54, 1.807) is 0 Å². The molecular formula is C12H11F3N4. The molecule has 0 saturated heterocycles. The van der Waals surface area contributed by atoms with Gasteiger partial charge in [-0.3, -0.25) is 4.98 Å². The van der Waals surface area contributed by atoms with Crippen molar-refractivity contribution < 1.29 is 13.2 Å². The quantitative estimate of drug-likeness (QED) is 0.929. The first kappa shape index (κ1) is 13.3. The van der Waals surface area contributed by atoms with Crippen LogP contribution in [0.15, 0.2) is 30.7 Å². The van der Waals surface area contributed by atoms with E-state index in [9.17, 15) is 13.2 Å². The summed E-state index contributed by atoms with van der Waals surface area (Å²) in [7, 11) is 0. The maximum atomic E-state index is 12.9. The number of alkyl halides is 3. The molecule has 0 fully saturated rings. The average molecular weight is 268 g/mol. The van der Waals surface area contributed by atoms with Crippen molar-refractivity contribution in [3.05, 3.63) is 36.3 Å². The molecule has 0 amide bonds. The van der Waals surface area contributed by atoms with Crippen LogP contribution in [0, 0.1) is 0 Å². The molecule has 0 aliphatic heterocycles. The largest absolute Gasteiger partial charge is 0.417 e. The summed E-state index contributed by atoms with van der Waals surface area (Å²) in [6.45, 7) is 2.43. The molecule has 0 aromatic carbocycles. The fourth-order valence-electron chi connectivity index (χ4n) is 1.60. The third-order valence-corrected chi connectivity index (χ3v) is 2.39. The molecule has 2 rings (SSSR count). The minimum Gasteiger partial charge on any atom is -0.354 e. The van der Waals surface area contributed by atoms with Crippen molar-refractivity contribution in [2.45, 2.75) is 13.1 Å². The van der Waals surface area contributed by atoms with Crippen LogP contribution in [0.1, 0.15) is 12.5 Å². The second-order valence-electron chi connectivity index (χ2n) is 3.71. The summed E-state index contributed by atoms with van der Waals surface area (Å²) in [6, 6.07) is 2.36. The van der Waals surface area contributed by atoms with Crippen molar-refractivity contribution in [3.63, 3.8) is 0 Å². The topological polar surface area (TPSA) is 50.7 Å². The van der Waals surface area contributed by atoms with Gasteiger partial charge in [0.05, 0.1) is 11.3 Å². The van der Waals surface area contributed by atoms with E-state index in [2.05, 4.69) is 20.3 Å². The highest BCUT2D eigenvalue weighted by molar-refractivity contribution is 5.63. The Balaban J connectivity index is 2.50. The van der Waals surface area contributed by atoms with Gasteiger partial charge in [0, 0.05) is 30.7 Å². The Morgan fingerprint density at radius 1 is 1.21 bits per heavy atom. The number of nitrogens with one attached hydrogen (secondary N) is 1. The molecule has 0 unspecified atom stereocenters. The van der Waals surface area contributed by atoms with E-state index in [1.807, 2.05) is 6.92 Å². The van der Waals surface area contributed by atoms with E-state index in [0.29, 0.717) is 6.54 Å². The van der Waals surface area contributed by atoms with Gasteiger partial charge in [0.1, 0.15) is 0 Å². The average Bonchev–Trinajstić information content (AvgIpc) is 2.38. The van der Waals surface area contributed by atoms with Crippen molar-refractivity contribution in [2.24, 2.45) is 0 Å². The predicted octanol–water partition coefficient (Wildman–Crippen LogP) is 2.99. The maximum Gasteiger partial charge on any atom is 0.417 e. The van der Waals surface area contributed by atoms with Crippen molar-refractivity contribution >= 4 is 5.95 Å². The Morgan fingerprint density at radius 3 is 2.68 bits per heavy atom. The Morgan fingerprint density at radius 2 is 2.00 bits per heavy atom. The highest BCUT2D eigenvalue weighted by atomic mass is 19.4. The van der Waals surface area contributed by atoms with Gasteiger partial charge in [-0.15, -0.1) is 0 Å². The predicted molar refractivity (Wildman–Crippen MR) is 64.4 cm³/mol. The molecule has 0 aliphatic carbocycles. The Labute approximate surface area is 107 Å². The van der Waals surface area contributed by atoms with E-state index in [4.69, 9.17) is 0 Å². The van der Waals surface area contributed by atoms with Gasteiger partial charge in [0.25, 0.3) is 0 Å². The molecule has 0 aliphatic rings. The number of hydrogen-bond donors (Lipinski definition) is 1. The molecular weight excluding hydrogens is 257 g/mol. The number of anilines is 1. The summed E-state index contributed by atoms with van der Waals surface area (Å²) in [6.07, 6.45) is -0.769. The normalized spacial score (nSPS) is 11.4. The van der Waals surface area contributed by atoms with E-state index in [-0.39, 0.29) is 17.2 Å². The Bertz CT molecular complexity index is 569. The maximum absolute atomic E-state index is 12.9. The SMILES string of the molecule is CCNc1nccc(-c2cnccc2C(F)(F)F)n1. The van der Waals surface area contributed by atoms with Gasteiger partial charge in [-0.2, -0.15) is 13.2 Å². The summed E-state index contributed by atoms with van der Waals surface area (Å²) in [5.74, 6) is 0.289. The van der Waals surface area contributed by atoms with Crippen LogP contribution in [0.3, 0.4) is 0 Å². The van der Waals surface area contributed by atoms with E-state index < -0.39 is 11.7 Å². The smallest absolute Gasteiger partial charge is 0.354 e. The molecule has 2 heterocycles. The van der Waals surface area contributed by atoms with Gasteiger partial charge >= 0.3 is 6.18 Å². The molecule has 4 nitrogen and oxygen atoms in total. The van der Waals surface area contributed by atoms with Crippen LogP contribution in [0.4, 0.5) is 19.1 Å². The number of hydrogen-bond acceptors (Lipinski definition) is 4. The van der Waals surface area contributed by atoms with Crippen LogP contribution in [0.5, 0.6) is 0 Å². The fourth-order valence-corrected chi connectivity index (χ4v) is 1.60. The minimum absolute atomic E-state index is 0.0587. The Hall–Kier alpha value is -2.18. The number of rotatable bonds is 3. The first-order chi connectivity index (χ1) is 9.02. The van der Waals surface area contributed by atoms with E-state index in [1.165, 1.54) is 12.3 Å². The summed E-state index contributed by atoms with van der Waals surface area (Å²) in [4.78, 5) is 11.7. The van der Waals surface area contributed by atoms with Crippen LogP contribution in [-0.4, -0.2) is 21.5 Å². The molecule has 0 radical (unpaired) electrons. The number of halogens is 3. The van der Waals surface area contributed by atoms with Crippen molar-refractivity contribution in [1.29, 1.82) is 0 Å². The summed E-state index contributed by atoms with van der Waals surface area (Å²) in [5, 5.41) is 2.85. The van der Waals surface area contributed by atoms with Gasteiger partial charge in [0.15, 0.2) is 0 Å². The lowest BCUT2D eigenvalue weighted by molar-refractivity contribution is -0.137. The zero-order valence-corrected chi connectivity index (χ0v) is 10.1. The molecule has 7 heteroatoms. The van der Waals surface area contributed by atoms with Crippen LogP contribution in [0.2, 0.25) is 0 Å². The molecule has 0 bridgehead atoms. The first-order valence-electron chi connectivity index (χ1n) is 5.61. The molecule has 0 spiro atoms. The molecule has 19 heavy (non-hydrogen) atoms.